The van der Waals surface area contributed by atoms with Crippen LogP contribution in [0.2, 0.25) is 0 Å². The molecule has 2 rings (SSSR count). The molecule has 0 radical (unpaired) electrons. The van der Waals surface area contributed by atoms with Crippen LogP contribution in [0.25, 0.3) is 0 Å². The lowest BCUT2D eigenvalue weighted by atomic mass is 10.1. The van der Waals surface area contributed by atoms with Crippen LogP contribution >= 0.6 is 0 Å². The molecule has 1 heterocycles. The Morgan fingerprint density at radius 1 is 1.43 bits per heavy atom. The number of nitrogens with two attached hydrogens (primary N) is 1. The molecule has 1 aliphatic heterocycles. The summed E-state index contributed by atoms with van der Waals surface area (Å²) in [6, 6.07) is 4.48. The van der Waals surface area contributed by atoms with Gasteiger partial charge >= 0.3 is 5.97 Å². The van der Waals surface area contributed by atoms with Crippen LogP contribution in [0.1, 0.15) is 18.4 Å². The van der Waals surface area contributed by atoms with Crippen LogP contribution in [0, 0.1) is 0 Å². The molecular formula is C15H21NO5. The average molecular weight is 295 g/mol. The molecule has 1 saturated heterocycles. The second-order valence-electron chi connectivity index (χ2n) is 5.06. The summed E-state index contributed by atoms with van der Waals surface area (Å²) in [6.07, 6.45) is 2.09. The molecule has 6 nitrogen and oxygen atoms in total. The first kappa shape index (κ1) is 15.6. The van der Waals surface area contributed by atoms with E-state index in [4.69, 9.17) is 25.1 Å². The highest BCUT2D eigenvalue weighted by Crippen LogP contribution is 2.30. The Morgan fingerprint density at radius 3 is 2.76 bits per heavy atom. The fourth-order valence-electron chi connectivity index (χ4n) is 2.25. The number of ether oxygens (including phenoxy) is 3. The summed E-state index contributed by atoms with van der Waals surface area (Å²) < 4.78 is 16.6. The van der Waals surface area contributed by atoms with Gasteiger partial charge in [-0.3, -0.25) is 4.79 Å². The van der Waals surface area contributed by atoms with Gasteiger partial charge in [0.1, 0.15) is 12.1 Å². The Kier molecular flexibility index (Phi) is 5.41. The van der Waals surface area contributed by atoms with E-state index in [0.717, 1.165) is 18.4 Å². The minimum atomic E-state index is -1.02. The highest BCUT2D eigenvalue weighted by atomic mass is 16.5. The van der Waals surface area contributed by atoms with E-state index < -0.39 is 12.0 Å². The van der Waals surface area contributed by atoms with Gasteiger partial charge in [-0.05, 0) is 24.1 Å². The van der Waals surface area contributed by atoms with Crippen LogP contribution in [0.4, 0.5) is 0 Å². The standard InChI is InChI=1S/C15H21NO5/c1-19-14-9-10(8-12(16)15(17)18)2-3-13(14)21-11-4-6-20-7-5-11/h2-3,9,11-12H,4-8,16H2,1H3,(H,17,18). The van der Waals surface area contributed by atoms with Crippen LogP contribution in [-0.4, -0.2) is 43.5 Å². The molecule has 0 amide bonds. The van der Waals surface area contributed by atoms with Crippen molar-refractivity contribution < 1.29 is 24.1 Å². The van der Waals surface area contributed by atoms with E-state index in [-0.39, 0.29) is 12.5 Å². The first-order valence-corrected chi connectivity index (χ1v) is 7.00. The van der Waals surface area contributed by atoms with Gasteiger partial charge in [0, 0.05) is 12.8 Å². The highest BCUT2D eigenvalue weighted by molar-refractivity contribution is 5.73. The zero-order chi connectivity index (χ0) is 15.2. The maximum atomic E-state index is 10.8. The quantitative estimate of drug-likeness (QED) is 0.819. The van der Waals surface area contributed by atoms with Crippen molar-refractivity contribution in [2.24, 2.45) is 5.73 Å². The molecule has 1 aromatic carbocycles. The van der Waals surface area contributed by atoms with Gasteiger partial charge < -0.3 is 25.1 Å². The molecule has 6 heteroatoms. The molecule has 0 aromatic heterocycles. The Bertz CT molecular complexity index is 485. The lowest BCUT2D eigenvalue weighted by Crippen LogP contribution is -2.32. The number of aliphatic carboxylic acids is 1. The van der Waals surface area contributed by atoms with Crippen molar-refractivity contribution >= 4 is 5.97 Å². The van der Waals surface area contributed by atoms with E-state index >= 15 is 0 Å². The number of rotatable bonds is 6. The molecule has 21 heavy (non-hydrogen) atoms. The van der Waals surface area contributed by atoms with Crippen LogP contribution < -0.4 is 15.2 Å². The Morgan fingerprint density at radius 2 is 2.14 bits per heavy atom. The molecule has 1 aliphatic rings. The van der Waals surface area contributed by atoms with Crippen molar-refractivity contribution in [3.05, 3.63) is 23.8 Å². The van der Waals surface area contributed by atoms with E-state index in [1.54, 1.807) is 19.2 Å². The maximum absolute atomic E-state index is 10.8. The zero-order valence-corrected chi connectivity index (χ0v) is 12.1. The largest absolute Gasteiger partial charge is 0.493 e. The van der Waals surface area contributed by atoms with Crippen LogP contribution in [0.5, 0.6) is 11.5 Å². The second-order valence-corrected chi connectivity index (χ2v) is 5.06. The molecular weight excluding hydrogens is 274 g/mol. The second kappa shape index (κ2) is 7.28. The summed E-state index contributed by atoms with van der Waals surface area (Å²) in [5.41, 5.74) is 6.35. The zero-order valence-electron chi connectivity index (χ0n) is 12.1. The van der Waals surface area contributed by atoms with E-state index in [1.165, 1.54) is 0 Å². The smallest absolute Gasteiger partial charge is 0.320 e. The summed E-state index contributed by atoms with van der Waals surface area (Å²) in [4.78, 5) is 10.8. The third-order valence-electron chi connectivity index (χ3n) is 3.46. The van der Waals surface area contributed by atoms with E-state index in [0.29, 0.717) is 24.7 Å². The lowest BCUT2D eigenvalue weighted by molar-refractivity contribution is -0.138. The third kappa shape index (κ3) is 4.34. The molecule has 3 N–H and O–H groups in total. The molecule has 0 bridgehead atoms. The average Bonchev–Trinajstić information content (AvgIpc) is 2.49. The number of carboxylic acids is 1. The number of carboxylic acid groups (broad SMARTS) is 1. The van der Waals surface area contributed by atoms with Crippen molar-refractivity contribution in [2.75, 3.05) is 20.3 Å². The third-order valence-corrected chi connectivity index (χ3v) is 3.46. The Hall–Kier alpha value is -1.79. The van der Waals surface area contributed by atoms with Gasteiger partial charge in [-0.1, -0.05) is 6.07 Å². The van der Waals surface area contributed by atoms with Gasteiger partial charge in [-0.15, -0.1) is 0 Å². The van der Waals surface area contributed by atoms with Crippen LogP contribution in [0.3, 0.4) is 0 Å². The summed E-state index contributed by atoms with van der Waals surface area (Å²) in [6.45, 7) is 1.41. The Balaban J connectivity index is 2.06. The normalized spacial score (nSPS) is 17.2. The summed E-state index contributed by atoms with van der Waals surface area (Å²) in [7, 11) is 1.56. The van der Waals surface area contributed by atoms with Gasteiger partial charge in [-0.2, -0.15) is 0 Å². The fourth-order valence-corrected chi connectivity index (χ4v) is 2.25. The minimum absolute atomic E-state index is 0.125. The first-order chi connectivity index (χ1) is 10.1. The monoisotopic (exact) mass is 295 g/mol. The number of benzene rings is 1. The molecule has 0 aliphatic carbocycles. The SMILES string of the molecule is COc1cc(CC(N)C(=O)O)ccc1OC1CCOCC1. The topological polar surface area (TPSA) is 91.0 Å². The molecule has 1 unspecified atom stereocenters. The number of hydrogen-bond acceptors (Lipinski definition) is 5. The van der Waals surface area contributed by atoms with E-state index in [2.05, 4.69) is 0 Å². The molecule has 0 saturated carbocycles. The summed E-state index contributed by atoms with van der Waals surface area (Å²) in [5, 5.41) is 8.85. The number of carbonyl (C=O) groups is 1. The minimum Gasteiger partial charge on any atom is -0.493 e. The highest BCUT2D eigenvalue weighted by Gasteiger charge is 2.18. The van der Waals surface area contributed by atoms with Crippen LogP contribution in [0.15, 0.2) is 18.2 Å². The fraction of sp³-hybridized carbons (Fsp3) is 0.533. The predicted octanol–water partition coefficient (Wildman–Crippen LogP) is 1.21. The number of hydrogen-bond donors (Lipinski definition) is 2. The van der Waals surface area contributed by atoms with Gasteiger partial charge in [-0.25, -0.2) is 0 Å². The van der Waals surface area contributed by atoms with Crippen LogP contribution in [-0.2, 0) is 16.0 Å². The molecule has 116 valence electrons. The van der Waals surface area contributed by atoms with Crippen molar-refractivity contribution in [1.29, 1.82) is 0 Å². The van der Waals surface area contributed by atoms with Gasteiger partial charge in [0.2, 0.25) is 0 Å². The predicted molar refractivity (Wildman–Crippen MR) is 76.8 cm³/mol. The van der Waals surface area contributed by atoms with Crippen molar-refractivity contribution in [3.63, 3.8) is 0 Å². The van der Waals surface area contributed by atoms with Crippen molar-refractivity contribution in [3.8, 4) is 11.5 Å². The number of methoxy groups -OCH3 is 1. The van der Waals surface area contributed by atoms with Gasteiger partial charge in [0.15, 0.2) is 11.5 Å². The van der Waals surface area contributed by atoms with Crippen molar-refractivity contribution in [2.45, 2.75) is 31.4 Å². The van der Waals surface area contributed by atoms with Gasteiger partial charge in [0.25, 0.3) is 0 Å². The maximum Gasteiger partial charge on any atom is 0.320 e. The first-order valence-electron chi connectivity index (χ1n) is 7.00. The Labute approximate surface area is 123 Å². The summed E-state index contributed by atoms with van der Waals surface area (Å²) >= 11 is 0. The van der Waals surface area contributed by atoms with E-state index in [1.807, 2.05) is 6.07 Å². The van der Waals surface area contributed by atoms with E-state index in [9.17, 15) is 4.79 Å². The summed E-state index contributed by atoms with van der Waals surface area (Å²) in [5.74, 6) is 0.241. The van der Waals surface area contributed by atoms with Crippen molar-refractivity contribution in [1.82, 2.24) is 0 Å². The molecule has 1 fully saturated rings. The van der Waals surface area contributed by atoms with Gasteiger partial charge in [0.05, 0.1) is 20.3 Å². The molecule has 1 atom stereocenters. The lowest BCUT2D eigenvalue weighted by Gasteiger charge is -2.24. The molecule has 1 aromatic rings. The molecule has 0 spiro atoms.